The van der Waals surface area contributed by atoms with Crippen molar-refractivity contribution in [3.63, 3.8) is 0 Å². The highest BCUT2D eigenvalue weighted by atomic mass is 32.2. The molecule has 20 heavy (non-hydrogen) atoms. The Kier molecular flexibility index (Phi) is 5.91. The Balaban J connectivity index is 2.30. The molecule has 0 atom stereocenters. The number of rotatable bonds is 8. The molecule has 110 valence electrons. The summed E-state index contributed by atoms with van der Waals surface area (Å²) >= 11 is 3.60. The molecule has 0 aliphatic heterocycles. The van der Waals surface area contributed by atoms with Gasteiger partial charge in [0.15, 0.2) is 0 Å². The predicted octanol–water partition coefficient (Wildman–Crippen LogP) is 3.85. The summed E-state index contributed by atoms with van der Waals surface area (Å²) in [7, 11) is 0. The van der Waals surface area contributed by atoms with Crippen LogP contribution in [0.4, 0.5) is 11.8 Å². The zero-order chi connectivity index (χ0) is 14.4. The number of aromatic nitrogens is 2. The second-order valence-electron chi connectivity index (χ2n) is 4.53. The second kappa shape index (κ2) is 7.69. The topological polar surface area (TPSA) is 49.8 Å². The molecule has 4 nitrogen and oxygen atoms in total. The predicted molar refractivity (Wildman–Crippen MR) is 92.4 cm³/mol. The molecule has 0 fully saturated rings. The van der Waals surface area contributed by atoms with Gasteiger partial charge in [0.1, 0.15) is 10.6 Å². The summed E-state index contributed by atoms with van der Waals surface area (Å²) in [5.74, 6) is 2.77. The first-order chi connectivity index (χ1) is 9.78. The monoisotopic (exact) mass is 310 g/mol. The van der Waals surface area contributed by atoms with Crippen LogP contribution in [0.2, 0.25) is 0 Å². The van der Waals surface area contributed by atoms with E-state index < -0.39 is 0 Å². The van der Waals surface area contributed by atoms with Crippen molar-refractivity contribution in [1.82, 2.24) is 9.97 Å². The summed E-state index contributed by atoms with van der Waals surface area (Å²) in [6.07, 6.45) is 4.23. The average molecular weight is 310 g/mol. The van der Waals surface area contributed by atoms with Crippen molar-refractivity contribution < 1.29 is 0 Å². The highest BCUT2D eigenvalue weighted by molar-refractivity contribution is 7.98. The molecular weight excluding hydrogens is 288 g/mol. The molecule has 2 aromatic rings. The molecule has 0 saturated heterocycles. The fourth-order valence-electron chi connectivity index (χ4n) is 1.87. The van der Waals surface area contributed by atoms with Crippen LogP contribution in [0.1, 0.15) is 25.1 Å². The first-order valence-corrected chi connectivity index (χ1v) is 9.26. The Morgan fingerprint density at radius 1 is 1.20 bits per heavy atom. The van der Waals surface area contributed by atoms with Gasteiger partial charge in [0.05, 0.1) is 5.39 Å². The molecule has 0 aliphatic carbocycles. The minimum absolute atomic E-state index is 0.732. The number of thiophene rings is 1. The molecule has 0 amide bonds. The van der Waals surface area contributed by atoms with Gasteiger partial charge in [-0.1, -0.05) is 13.8 Å². The van der Waals surface area contributed by atoms with E-state index in [1.54, 1.807) is 11.3 Å². The molecule has 2 rings (SSSR count). The van der Waals surface area contributed by atoms with Crippen molar-refractivity contribution in [1.29, 1.82) is 0 Å². The summed E-state index contributed by atoms with van der Waals surface area (Å²) in [6, 6.07) is 2.21. The molecule has 0 spiro atoms. The lowest BCUT2D eigenvalue weighted by Crippen LogP contribution is -2.09. The SMILES string of the molecule is CCCNc1nc(NCCSC)c2cc(CC)sc2n1. The van der Waals surface area contributed by atoms with Gasteiger partial charge in [0, 0.05) is 23.7 Å². The van der Waals surface area contributed by atoms with Gasteiger partial charge >= 0.3 is 0 Å². The number of fused-ring (bicyclic) bond motifs is 1. The van der Waals surface area contributed by atoms with Crippen LogP contribution in [0, 0.1) is 0 Å². The zero-order valence-electron chi connectivity index (χ0n) is 12.3. The average Bonchev–Trinajstić information content (AvgIpc) is 2.88. The number of anilines is 2. The summed E-state index contributed by atoms with van der Waals surface area (Å²) in [5.41, 5.74) is 0. The number of hydrogen-bond acceptors (Lipinski definition) is 6. The number of nitrogens with one attached hydrogen (secondary N) is 2. The van der Waals surface area contributed by atoms with E-state index >= 15 is 0 Å². The molecule has 0 aliphatic rings. The van der Waals surface area contributed by atoms with E-state index in [4.69, 9.17) is 0 Å². The first-order valence-electron chi connectivity index (χ1n) is 7.05. The highest BCUT2D eigenvalue weighted by Crippen LogP contribution is 2.30. The van der Waals surface area contributed by atoms with Gasteiger partial charge in [-0.05, 0) is 25.2 Å². The minimum atomic E-state index is 0.732. The Hall–Kier alpha value is -1.01. The van der Waals surface area contributed by atoms with Crippen LogP contribution < -0.4 is 10.6 Å². The summed E-state index contributed by atoms with van der Waals surface area (Å²) in [4.78, 5) is 11.7. The first kappa shape index (κ1) is 15.4. The van der Waals surface area contributed by atoms with Crippen molar-refractivity contribution in [2.45, 2.75) is 26.7 Å². The van der Waals surface area contributed by atoms with E-state index in [2.05, 4.69) is 46.8 Å². The normalized spacial score (nSPS) is 10.9. The van der Waals surface area contributed by atoms with E-state index in [0.29, 0.717) is 0 Å². The Labute approximate surface area is 128 Å². The van der Waals surface area contributed by atoms with Crippen LogP contribution in [-0.2, 0) is 6.42 Å². The standard InChI is InChI=1S/C14H22N4S2/c1-4-6-16-14-17-12(15-7-8-19-3)11-9-10(5-2)20-13(11)18-14/h9H,4-8H2,1-3H3,(H2,15,16,17,18). The summed E-state index contributed by atoms with van der Waals surface area (Å²) < 4.78 is 0. The van der Waals surface area contributed by atoms with Crippen molar-refractivity contribution in [2.75, 3.05) is 35.7 Å². The summed E-state index contributed by atoms with van der Waals surface area (Å²) in [5, 5.41) is 7.87. The lowest BCUT2D eigenvalue weighted by molar-refractivity contribution is 0.957. The third-order valence-electron chi connectivity index (χ3n) is 2.92. The zero-order valence-corrected chi connectivity index (χ0v) is 14.0. The maximum Gasteiger partial charge on any atom is 0.226 e. The molecule has 0 radical (unpaired) electrons. The Morgan fingerprint density at radius 2 is 2.05 bits per heavy atom. The van der Waals surface area contributed by atoms with Crippen molar-refractivity contribution >= 4 is 45.1 Å². The van der Waals surface area contributed by atoms with Crippen molar-refractivity contribution in [3.8, 4) is 0 Å². The number of hydrogen-bond donors (Lipinski definition) is 2. The Bertz CT molecular complexity index is 553. The highest BCUT2D eigenvalue weighted by Gasteiger charge is 2.10. The molecule has 0 unspecified atom stereocenters. The fourth-order valence-corrected chi connectivity index (χ4v) is 3.14. The molecule has 0 saturated carbocycles. The lowest BCUT2D eigenvalue weighted by atomic mass is 10.3. The molecule has 0 bridgehead atoms. The van der Waals surface area contributed by atoms with Crippen molar-refractivity contribution in [2.24, 2.45) is 0 Å². The fraction of sp³-hybridized carbons (Fsp3) is 0.571. The van der Waals surface area contributed by atoms with Gasteiger partial charge in [-0.15, -0.1) is 11.3 Å². The third kappa shape index (κ3) is 3.76. The van der Waals surface area contributed by atoms with Gasteiger partial charge in [0.2, 0.25) is 5.95 Å². The Morgan fingerprint density at radius 3 is 2.75 bits per heavy atom. The second-order valence-corrected chi connectivity index (χ2v) is 6.63. The van der Waals surface area contributed by atoms with E-state index in [1.807, 2.05) is 11.8 Å². The summed E-state index contributed by atoms with van der Waals surface area (Å²) in [6.45, 7) is 6.15. The third-order valence-corrected chi connectivity index (χ3v) is 4.71. The smallest absolute Gasteiger partial charge is 0.226 e. The van der Waals surface area contributed by atoms with Crippen LogP contribution in [0.5, 0.6) is 0 Å². The van der Waals surface area contributed by atoms with Crippen LogP contribution in [0.15, 0.2) is 6.07 Å². The number of aryl methyl sites for hydroxylation is 1. The molecule has 2 aromatic heterocycles. The largest absolute Gasteiger partial charge is 0.369 e. The van der Waals surface area contributed by atoms with E-state index in [9.17, 15) is 0 Å². The molecule has 0 aromatic carbocycles. The van der Waals surface area contributed by atoms with E-state index in [0.717, 1.165) is 53.7 Å². The van der Waals surface area contributed by atoms with Crippen LogP contribution in [0.25, 0.3) is 10.2 Å². The number of thioether (sulfide) groups is 1. The van der Waals surface area contributed by atoms with Gasteiger partial charge < -0.3 is 10.6 Å². The molecule has 2 N–H and O–H groups in total. The van der Waals surface area contributed by atoms with Crippen LogP contribution >= 0.6 is 23.1 Å². The molecule has 6 heteroatoms. The van der Waals surface area contributed by atoms with E-state index in [1.165, 1.54) is 4.88 Å². The maximum absolute atomic E-state index is 4.62. The molecular formula is C14H22N4S2. The quantitative estimate of drug-likeness (QED) is 0.725. The van der Waals surface area contributed by atoms with Crippen LogP contribution in [-0.4, -0.2) is 35.1 Å². The van der Waals surface area contributed by atoms with Gasteiger partial charge in [-0.25, -0.2) is 4.98 Å². The number of nitrogens with zero attached hydrogens (tertiary/aromatic N) is 2. The maximum atomic E-state index is 4.62. The van der Waals surface area contributed by atoms with E-state index in [-0.39, 0.29) is 0 Å². The van der Waals surface area contributed by atoms with Gasteiger partial charge in [0.25, 0.3) is 0 Å². The van der Waals surface area contributed by atoms with Gasteiger partial charge in [-0.3, -0.25) is 0 Å². The van der Waals surface area contributed by atoms with Gasteiger partial charge in [-0.2, -0.15) is 16.7 Å². The lowest BCUT2D eigenvalue weighted by Gasteiger charge is -2.09. The molecule has 2 heterocycles. The van der Waals surface area contributed by atoms with Crippen LogP contribution in [0.3, 0.4) is 0 Å². The minimum Gasteiger partial charge on any atom is -0.369 e. The van der Waals surface area contributed by atoms with Crippen molar-refractivity contribution in [3.05, 3.63) is 10.9 Å².